The van der Waals surface area contributed by atoms with Gasteiger partial charge in [0, 0.05) is 0 Å². The molecule has 0 aromatic heterocycles. The lowest BCUT2D eigenvalue weighted by Crippen LogP contribution is -2.41. The Morgan fingerprint density at radius 2 is 1.84 bits per heavy atom. The van der Waals surface area contributed by atoms with Crippen molar-refractivity contribution < 1.29 is 27.1 Å². The number of carbonyl (C=O) groups is 1. The van der Waals surface area contributed by atoms with Crippen molar-refractivity contribution in [2.24, 2.45) is 5.14 Å². The molecule has 0 aliphatic carbocycles. The molecule has 2 aromatic rings. The van der Waals surface area contributed by atoms with Gasteiger partial charge in [-0.3, -0.25) is 4.79 Å². The summed E-state index contributed by atoms with van der Waals surface area (Å²) in [6.07, 6.45) is 0. The van der Waals surface area contributed by atoms with Crippen LogP contribution in [0.4, 0.5) is 10.1 Å². The summed E-state index contributed by atoms with van der Waals surface area (Å²) >= 11 is 0. The molecule has 0 bridgehead atoms. The van der Waals surface area contributed by atoms with Crippen molar-refractivity contribution in [2.75, 3.05) is 18.0 Å². The second kappa shape index (κ2) is 7.95. The maximum atomic E-state index is 14.3. The predicted molar refractivity (Wildman–Crippen MR) is 89.6 cm³/mol. The van der Waals surface area contributed by atoms with Gasteiger partial charge in [0.2, 0.25) is 0 Å². The number of esters is 1. The lowest BCUT2D eigenvalue weighted by atomic mass is 10.2. The minimum atomic E-state index is -4.44. The Morgan fingerprint density at radius 1 is 1.16 bits per heavy atom. The Balaban J connectivity index is 2.39. The monoisotopic (exact) mass is 368 g/mol. The number of ether oxygens (including phenoxy) is 2. The van der Waals surface area contributed by atoms with Crippen molar-refractivity contribution in [3.8, 4) is 5.75 Å². The fourth-order valence-corrected chi connectivity index (χ4v) is 2.78. The van der Waals surface area contributed by atoms with Crippen molar-refractivity contribution in [3.63, 3.8) is 0 Å². The molecule has 0 radical (unpaired) electrons. The molecule has 0 spiro atoms. The quantitative estimate of drug-likeness (QED) is 0.748. The van der Waals surface area contributed by atoms with Gasteiger partial charge in [0.05, 0.1) is 7.11 Å². The summed E-state index contributed by atoms with van der Waals surface area (Å²) in [6.45, 7) is -0.702. The van der Waals surface area contributed by atoms with Crippen LogP contribution in [0.5, 0.6) is 5.75 Å². The number of nitrogens with zero attached hydrogens (tertiary/aromatic N) is 1. The van der Waals surface area contributed by atoms with Gasteiger partial charge in [-0.1, -0.05) is 36.4 Å². The molecule has 2 aromatic carbocycles. The molecule has 2 rings (SSSR count). The van der Waals surface area contributed by atoms with Gasteiger partial charge >= 0.3 is 5.97 Å². The van der Waals surface area contributed by atoms with Gasteiger partial charge in [-0.2, -0.15) is 8.42 Å². The molecule has 0 saturated heterocycles. The molecule has 0 amide bonds. The molecule has 25 heavy (non-hydrogen) atoms. The number of hydrogen-bond acceptors (Lipinski definition) is 5. The Labute approximate surface area is 144 Å². The summed E-state index contributed by atoms with van der Waals surface area (Å²) in [5, 5.41) is 5.13. The third-order valence-corrected chi connectivity index (χ3v) is 4.17. The highest BCUT2D eigenvalue weighted by Crippen LogP contribution is 2.33. The van der Waals surface area contributed by atoms with Gasteiger partial charge in [-0.15, -0.1) is 0 Å². The molecular formula is C16H17FN2O5S. The fourth-order valence-electron chi connectivity index (χ4n) is 2.07. The first-order valence-electron chi connectivity index (χ1n) is 7.15. The molecule has 9 heteroatoms. The second-order valence-electron chi connectivity index (χ2n) is 4.99. The molecule has 0 fully saturated rings. The minimum absolute atomic E-state index is 0.0678. The highest BCUT2D eigenvalue weighted by Gasteiger charge is 2.28. The number of rotatable bonds is 7. The van der Waals surface area contributed by atoms with E-state index in [0.29, 0.717) is 4.31 Å². The Hall–Kier alpha value is -2.65. The largest absolute Gasteiger partial charge is 0.487 e. The zero-order chi connectivity index (χ0) is 18.4. The van der Waals surface area contributed by atoms with Crippen LogP contribution in [0.25, 0.3) is 0 Å². The SMILES string of the molecule is COC(=O)CN(c1c(F)cccc1OCc1ccccc1)S(N)(=O)=O. The maximum Gasteiger partial charge on any atom is 0.326 e. The van der Waals surface area contributed by atoms with Crippen LogP contribution < -0.4 is 14.2 Å². The minimum Gasteiger partial charge on any atom is -0.487 e. The summed E-state index contributed by atoms with van der Waals surface area (Å²) in [7, 11) is -3.36. The van der Waals surface area contributed by atoms with Crippen molar-refractivity contribution >= 4 is 21.9 Å². The number of halogens is 1. The number of hydrogen-bond donors (Lipinski definition) is 1. The fraction of sp³-hybridized carbons (Fsp3) is 0.188. The molecular weight excluding hydrogens is 351 g/mol. The molecule has 7 nitrogen and oxygen atoms in total. The Bertz CT molecular complexity index is 843. The second-order valence-corrected chi connectivity index (χ2v) is 6.46. The van der Waals surface area contributed by atoms with E-state index in [1.165, 1.54) is 12.1 Å². The van der Waals surface area contributed by atoms with E-state index in [2.05, 4.69) is 4.74 Å². The molecule has 0 atom stereocenters. The number of benzene rings is 2. The van der Waals surface area contributed by atoms with E-state index in [1.54, 1.807) is 24.3 Å². The lowest BCUT2D eigenvalue weighted by Gasteiger charge is -2.23. The van der Waals surface area contributed by atoms with Crippen molar-refractivity contribution in [2.45, 2.75) is 6.61 Å². The van der Waals surface area contributed by atoms with Crippen molar-refractivity contribution in [3.05, 3.63) is 59.9 Å². The number of methoxy groups -OCH3 is 1. The zero-order valence-electron chi connectivity index (χ0n) is 13.4. The van der Waals surface area contributed by atoms with E-state index in [-0.39, 0.29) is 12.4 Å². The highest BCUT2D eigenvalue weighted by molar-refractivity contribution is 7.90. The number of carbonyl (C=O) groups excluding carboxylic acids is 1. The number of nitrogens with two attached hydrogens (primary N) is 1. The van der Waals surface area contributed by atoms with Gasteiger partial charge in [0.15, 0.2) is 5.82 Å². The average Bonchev–Trinajstić information content (AvgIpc) is 2.58. The number of para-hydroxylation sites is 1. The van der Waals surface area contributed by atoms with E-state index in [1.807, 2.05) is 6.07 Å². The van der Waals surface area contributed by atoms with Crippen LogP contribution >= 0.6 is 0 Å². The molecule has 0 heterocycles. The zero-order valence-corrected chi connectivity index (χ0v) is 14.2. The van der Waals surface area contributed by atoms with E-state index in [4.69, 9.17) is 9.88 Å². The molecule has 0 aliphatic heterocycles. The van der Waals surface area contributed by atoms with Crippen LogP contribution in [0.2, 0.25) is 0 Å². The summed E-state index contributed by atoms with van der Waals surface area (Å²) in [6, 6.07) is 12.8. The Kier molecular flexibility index (Phi) is 5.94. The molecule has 2 N–H and O–H groups in total. The molecule has 0 aliphatic rings. The number of anilines is 1. The van der Waals surface area contributed by atoms with Crippen LogP contribution in [0, 0.1) is 5.82 Å². The molecule has 0 unspecified atom stereocenters. The van der Waals surface area contributed by atoms with Crippen LogP contribution in [0.1, 0.15) is 5.56 Å². The third-order valence-electron chi connectivity index (χ3n) is 3.24. The van der Waals surface area contributed by atoms with Gasteiger partial charge in [0.25, 0.3) is 10.2 Å². The van der Waals surface area contributed by atoms with Crippen molar-refractivity contribution in [1.82, 2.24) is 0 Å². The van der Waals surface area contributed by atoms with E-state index < -0.39 is 34.2 Å². The van der Waals surface area contributed by atoms with E-state index in [9.17, 15) is 17.6 Å². The predicted octanol–water partition coefficient (Wildman–Crippen LogP) is 1.59. The first-order chi connectivity index (χ1) is 11.8. The standard InChI is InChI=1S/C16H17FN2O5S/c1-23-15(20)10-19(25(18,21)22)16-13(17)8-5-9-14(16)24-11-12-6-3-2-4-7-12/h2-9H,10-11H2,1H3,(H2,18,21,22). The van der Waals surface area contributed by atoms with Gasteiger partial charge in [-0.05, 0) is 17.7 Å². The van der Waals surface area contributed by atoms with Crippen LogP contribution in [0.3, 0.4) is 0 Å². The summed E-state index contributed by atoms with van der Waals surface area (Å²) in [5.74, 6) is -1.86. The average molecular weight is 368 g/mol. The highest BCUT2D eigenvalue weighted by atomic mass is 32.2. The van der Waals surface area contributed by atoms with Crippen molar-refractivity contribution in [1.29, 1.82) is 0 Å². The van der Waals surface area contributed by atoms with Gasteiger partial charge in [-0.25, -0.2) is 13.8 Å². The normalized spacial score (nSPS) is 11.0. The van der Waals surface area contributed by atoms with E-state index in [0.717, 1.165) is 18.7 Å². The smallest absolute Gasteiger partial charge is 0.326 e. The van der Waals surface area contributed by atoms with Gasteiger partial charge < -0.3 is 9.47 Å². The molecule has 0 saturated carbocycles. The third kappa shape index (κ3) is 4.91. The summed E-state index contributed by atoms with van der Waals surface area (Å²) in [4.78, 5) is 11.5. The lowest BCUT2D eigenvalue weighted by molar-refractivity contribution is -0.138. The first kappa shape index (κ1) is 18.7. The maximum absolute atomic E-state index is 14.3. The topological polar surface area (TPSA) is 98.9 Å². The van der Waals surface area contributed by atoms with E-state index >= 15 is 0 Å². The van der Waals surface area contributed by atoms with Crippen LogP contribution in [-0.2, 0) is 26.3 Å². The van der Waals surface area contributed by atoms with Crippen LogP contribution in [0.15, 0.2) is 48.5 Å². The summed E-state index contributed by atoms with van der Waals surface area (Å²) in [5.41, 5.74) is 0.346. The first-order valence-corrected chi connectivity index (χ1v) is 8.65. The van der Waals surface area contributed by atoms with Gasteiger partial charge in [0.1, 0.15) is 24.6 Å². The van der Waals surface area contributed by atoms with Crippen LogP contribution in [-0.4, -0.2) is 28.0 Å². The Morgan fingerprint density at radius 3 is 2.44 bits per heavy atom. The molecule has 134 valence electrons. The summed E-state index contributed by atoms with van der Waals surface area (Å²) < 4.78 is 48.4.